The summed E-state index contributed by atoms with van der Waals surface area (Å²) in [6.07, 6.45) is 1.27. The molecule has 2 aromatic rings. The van der Waals surface area contributed by atoms with E-state index in [2.05, 4.69) is 18.3 Å². The number of carbonyl (C=O) groups is 1. The highest BCUT2D eigenvalue weighted by molar-refractivity contribution is 6.30. The third-order valence-electron chi connectivity index (χ3n) is 4.29. The van der Waals surface area contributed by atoms with Crippen molar-refractivity contribution in [3.8, 4) is 5.75 Å². The van der Waals surface area contributed by atoms with Crippen LogP contribution in [0.15, 0.2) is 36.4 Å². The van der Waals surface area contributed by atoms with Crippen LogP contribution in [0.25, 0.3) is 0 Å². The van der Waals surface area contributed by atoms with E-state index >= 15 is 0 Å². The molecule has 2 rings (SSSR count). The van der Waals surface area contributed by atoms with Crippen molar-refractivity contribution in [1.82, 2.24) is 5.32 Å². The van der Waals surface area contributed by atoms with Gasteiger partial charge >= 0.3 is 0 Å². The van der Waals surface area contributed by atoms with Crippen LogP contribution in [0.1, 0.15) is 35.6 Å². The molecule has 134 valence electrons. The van der Waals surface area contributed by atoms with Gasteiger partial charge in [0.15, 0.2) is 6.10 Å². The summed E-state index contributed by atoms with van der Waals surface area (Å²) in [4.78, 5) is 12.2. The first-order valence-electron chi connectivity index (χ1n) is 8.63. The van der Waals surface area contributed by atoms with Crippen molar-refractivity contribution in [1.29, 1.82) is 0 Å². The number of rotatable bonds is 7. The minimum Gasteiger partial charge on any atom is -0.481 e. The van der Waals surface area contributed by atoms with Gasteiger partial charge in [0.2, 0.25) is 0 Å². The minimum atomic E-state index is -0.518. The molecule has 0 saturated heterocycles. The summed E-state index contributed by atoms with van der Waals surface area (Å²) in [7, 11) is 0. The van der Waals surface area contributed by atoms with Crippen LogP contribution >= 0.6 is 11.6 Å². The van der Waals surface area contributed by atoms with Crippen LogP contribution in [0.5, 0.6) is 5.75 Å². The van der Waals surface area contributed by atoms with E-state index in [1.165, 1.54) is 11.1 Å². The molecule has 1 amide bonds. The summed E-state index contributed by atoms with van der Waals surface area (Å²) in [5, 5.41) is 3.68. The summed E-state index contributed by atoms with van der Waals surface area (Å²) in [6.45, 7) is 8.50. The van der Waals surface area contributed by atoms with Gasteiger partial charge in [0.05, 0.1) is 0 Å². The Morgan fingerprint density at radius 1 is 1.16 bits per heavy atom. The number of halogens is 1. The maximum Gasteiger partial charge on any atom is 0.260 e. The van der Waals surface area contributed by atoms with E-state index in [4.69, 9.17) is 16.3 Å². The normalized spacial score (nSPS) is 11.9. The molecule has 0 heterocycles. The maximum atomic E-state index is 12.2. The minimum absolute atomic E-state index is 0.0883. The second-order valence-corrected chi connectivity index (χ2v) is 6.92. The summed E-state index contributed by atoms with van der Waals surface area (Å²) in [6, 6.07) is 11.9. The molecule has 0 saturated carbocycles. The highest BCUT2D eigenvalue weighted by Crippen LogP contribution is 2.24. The Labute approximate surface area is 155 Å². The van der Waals surface area contributed by atoms with E-state index in [0.29, 0.717) is 6.54 Å². The van der Waals surface area contributed by atoms with E-state index < -0.39 is 6.10 Å². The third-order valence-corrected chi connectivity index (χ3v) is 4.54. The number of nitrogens with one attached hydrogen (secondary N) is 1. The van der Waals surface area contributed by atoms with Crippen LogP contribution in [-0.4, -0.2) is 18.6 Å². The molecule has 2 aromatic carbocycles. The molecule has 0 unspecified atom stereocenters. The number of ether oxygens (including phenoxy) is 1. The highest BCUT2D eigenvalue weighted by atomic mass is 35.5. The topological polar surface area (TPSA) is 38.3 Å². The van der Waals surface area contributed by atoms with Crippen molar-refractivity contribution >= 4 is 17.5 Å². The summed E-state index contributed by atoms with van der Waals surface area (Å²) >= 11 is 5.88. The van der Waals surface area contributed by atoms with Gasteiger partial charge in [-0.05, 0) is 81.0 Å². The van der Waals surface area contributed by atoms with E-state index in [9.17, 15) is 4.79 Å². The molecule has 25 heavy (non-hydrogen) atoms. The Kier molecular flexibility index (Phi) is 6.89. The van der Waals surface area contributed by atoms with Crippen LogP contribution in [-0.2, 0) is 11.2 Å². The fraction of sp³-hybridized carbons (Fsp3) is 0.381. The average Bonchev–Trinajstić information content (AvgIpc) is 2.57. The van der Waals surface area contributed by atoms with Gasteiger partial charge in [0.25, 0.3) is 5.91 Å². The second kappa shape index (κ2) is 8.91. The van der Waals surface area contributed by atoms with Crippen molar-refractivity contribution in [3.05, 3.63) is 63.7 Å². The predicted molar refractivity (Wildman–Crippen MR) is 104 cm³/mol. The van der Waals surface area contributed by atoms with Crippen LogP contribution in [0.4, 0.5) is 0 Å². The average molecular weight is 360 g/mol. The Hall–Kier alpha value is -2.00. The van der Waals surface area contributed by atoms with Crippen LogP contribution < -0.4 is 10.1 Å². The van der Waals surface area contributed by atoms with Gasteiger partial charge in [-0.1, -0.05) is 29.8 Å². The summed E-state index contributed by atoms with van der Waals surface area (Å²) < 4.78 is 5.87. The Balaban J connectivity index is 1.79. The lowest BCUT2D eigenvalue weighted by molar-refractivity contribution is -0.127. The van der Waals surface area contributed by atoms with Gasteiger partial charge in [0, 0.05) is 11.6 Å². The van der Waals surface area contributed by atoms with Crippen molar-refractivity contribution in [2.45, 2.75) is 46.6 Å². The van der Waals surface area contributed by atoms with E-state index in [1.54, 1.807) is 6.92 Å². The van der Waals surface area contributed by atoms with Gasteiger partial charge in [-0.2, -0.15) is 0 Å². The van der Waals surface area contributed by atoms with Crippen LogP contribution in [0, 0.1) is 20.8 Å². The smallest absolute Gasteiger partial charge is 0.260 e. The lowest BCUT2D eigenvalue weighted by atomic mass is 10.1. The number of amides is 1. The Bertz CT molecular complexity index is 725. The quantitative estimate of drug-likeness (QED) is 0.722. The first kappa shape index (κ1) is 19.3. The molecule has 4 heteroatoms. The van der Waals surface area contributed by atoms with Gasteiger partial charge in [-0.25, -0.2) is 0 Å². The van der Waals surface area contributed by atoms with E-state index in [0.717, 1.165) is 34.7 Å². The van der Waals surface area contributed by atoms with E-state index in [-0.39, 0.29) is 5.91 Å². The summed E-state index contributed by atoms with van der Waals surface area (Å²) in [5.41, 5.74) is 4.60. The second-order valence-electron chi connectivity index (χ2n) is 6.49. The zero-order valence-corrected chi connectivity index (χ0v) is 16.1. The molecule has 0 aliphatic rings. The monoisotopic (exact) mass is 359 g/mol. The molecule has 0 aromatic heterocycles. The standard InChI is InChI=1S/C21H26ClNO2/c1-14-12-15(2)16(3)20(13-14)25-17(4)21(24)23-11-5-6-18-7-9-19(22)10-8-18/h7-10,12-13,17H,5-6,11H2,1-4H3,(H,23,24)/t17-/m0/s1. The van der Waals surface area contributed by atoms with Crippen molar-refractivity contribution in [2.24, 2.45) is 0 Å². The number of carbonyl (C=O) groups excluding carboxylic acids is 1. The molecule has 0 spiro atoms. The first-order chi connectivity index (χ1) is 11.9. The molecule has 0 bridgehead atoms. The fourth-order valence-corrected chi connectivity index (χ4v) is 2.79. The Morgan fingerprint density at radius 3 is 2.52 bits per heavy atom. The molecule has 0 aliphatic heterocycles. The SMILES string of the molecule is Cc1cc(C)c(C)c(O[C@@H](C)C(=O)NCCCc2ccc(Cl)cc2)c1. The third kappa shape index (κ3) is 5.79. The van der Waals surface area contributed by atoms with Crippen LogP contribution in [0.3, 0.4) is 0 Å². The van der Waals surface area contributed by atoms with Crippen molar-refractivity contribution in [3.63, 3.8) is 0 Å². The number of hydrogen-bond donors (Lipinski definition) is 1. The molecule has 0 aliphatic carbocycles. The first-order valence-corrected chi connectivity index (χ1v) is 9.01. The van der Waals surface area contributed by atoms with Gasteiger partial charge in [-0.15, -0.1) is 0 Å². The number of benzene rings is 2. The predicted octanol–water partition coefficient (Wildman–Crippen LogP) is 4.78. The molecule has 1 N–H and O–H groups in total. The van der Waals surface area contributed by atoms with Gasteiger partial charge < -0.3 is 10.1 Å². The lowest BCUT2D eigenvalue weighted by Gasteiger charge is -2.18. The zero-order chi connectivity index (χ0) is 18.4. The molecule has 0 fully saturated rings. The number of hydrogen-bond acceptors (Lipinski definition) is 2. The van der Waals surface area contributed by atoms with E-state index in [1.807, 2.05) is 44.2 Å². The van der Waals surface area contributed by atoms with Crippen molar-refractivity contribution in [2.75, 3.05) is 6.54 Å². The largest absolute Gasteiger partial charge is 0.481 e. The maximum absolute atomic E-state index is 12.2. The fourth-order valence-electron chi connectivity index (χ4n) is 2.67. The summed E-state index contributed by atoms with van der Waals surface area (Å²) in [5.74, 6) is 0.691. The molecule has 3 nitrogen and oxygen atoms in total. The van der Waals surface area contributed by atoms with Crippen LogP contribution in [0.2, 0.25) is 5.02 Å². The molecular formula is C21H26ClNO2. The zero-order valence-electron chi connectivity index (χ0n) is 15.4. The van der Waals surface area contributed by atoms with Crippen molar-refractivity contribution < 1.29 is 9.53 Å². The Morgan fingerprint density at radius 2 is 1.84 bits per heavy atom. The molecule has 1 atom stereocenters. The lowest BCUT2D eigenvalue weighted by Crippen LogP contribution is -2.37. The highest BCUT2D eigenvalue weighted by Gasteiger charge is 2.16. The number of aryl methyl sites for hydroxylation is 3. The molecular weight excluding hydrogens is 334 g/mol. The van der Waals surface area contributed by atoms with Gasteiger partial charge in [-0.3, -0.25) is 4.79 Å². The molecule has 0 radical (unpaired) electrons. The van der Waals surface area contributed by atoms with Gasteiger partial charge in [0.1, 0.15) is 5.75 Å².